The van der Waals surface area contributed by atoms with E-state index in [0.29, 0.717) is 17.6 Å². The Hall–Kier alpha value is -2.75. The van der Waals surface area contributed by atoms with Gasteiger partial charge in [0.25, 0.3) is 5.56 Å². The van der Waals surface area contributed by atoms with E-state index >= 15 is 0 Å². The molecule has 0 aliphatic rings. The molecule has 3 aromatic rings. The Labute approximate surface area is 128 Å². The van der Waals surface area contributed by atoms with Gasteiger partial charge in [0.2, 0.25) is 0 Å². The highest BCUT2D eigenvalue weighted by molar-refractivity contribution is 5.80. The van der Waals surface area contributed by atoms with Crippen LogP contribution in [0.25, 0.3) is 10.9 Å². The van der Waals surface area contributed by atoms with Crippen LogP contribution in [0.3, 0.4) is 0 Å². The van der Waals surface area contributed by atoms with Crippen LogP contribution in [0.2, 0.25) is 0 Å². The van der Waals surface area contributed by atoms with E-state index in [1.165, 1.54) is 4.68 Å². The normalized spacial score (nSPS) is 11.3. The molecule has 0 bridgehead atoms. The number of rotatable bonds is 4. The molecule has 1 aromatic heterocycles. The number of hydrogen-bond acceptors (Lipinski definition) is 3. The molecule has 0 amide bonds. The van der Waals surface area contributed by atoms with Crippen LogP contribution in [-0.2, 0) is 6.42 Å². The summed E-state index contributed by atoms with van der Waals surface area (Å²) in [5.74, 6) is 0.693. The lowest BCUT2D eigenvalue weighted by Gasteiger charge is -2.08. The Balaban J connectivity index is 2.14. The van der Waals surface area contributed by atoms with Crippen molar-refractivity contribution in [2.75, 3.05) is 0 Å². The van der Waals surface area contributed by atoms with Gasteiger partial charge in [0, 0.05) is 6.42 Å². The molecule has 22 heavy (non-hydrogen) atoms. The van der Waals surface area contributed by atoms with Gasteiger partial charge in [-0.05, 0) is 24.1 Å². The molecule has 0 unspecified atom stereocenters. The zero-order chi connectivity index (χ0) is 15.4. The van der Waals surface area contributed by atoms with Crippen molar-refractivity contribution < 1.29 is 0 Å². The average Bonchev–Trinajstić information content (AvgIpc) is 2.56. The molecule has 0 radical (unpaired) electrons. The first-order valence-electron chi connectivity index (χ1n) is 7.39. The van der Waals surface area contributed by atoms with Crippen LogP contribution >= 0.6 is 0 Å². The lowest BCUT2D eigenvalue weighted by molar-refractivity contribution is 0.704. The van der Waals surface area contributed by atoms with E-state index in [2.05, 4.69) is 17.0 Å². The predicted molar refractivity (Wildman–Crippen MR) is 89.4 cm³/mol. The first-order valence-corrected chi connectivity index (χ1v) is 7.39. The number of fused-ring (bicyclic) bond motifs is 1. The Kier molecular flexibility index (Phi) is 4.10. The Morgan fingerprint density at radius 3 is 2.59 bits per heavy atom. The second-order valence-electron chi connectivity index (χ2n) is 5.07. The summed E-state index contributed by atoms with van der Waals surface area (Å²) >= 11 is 0. The standard InChI is InChI=1S/C18H17N3O/c1-2-8-17-20-16-12-7-6-11-15(16)18(22)21(17)19-13-14-9-4-3-5-10-14/h3-7,9-13H,2,8H2,1H3/b19-13-. The molecule has 0 N–H and O–H groups in total. The number of nitrogens with zero attached hydrogens (tertiary/aromatic N) is 3. The summed E-state index contributed by atoms with van der Waals surface area (Å²) < 4.78 is 1.42. The van der Waals surface area contributed by atoms with Gasteiger partial charge in [-0.3, -0.25) is 4.79 Å². The highest BCUT2D eigenvalue weighted by Crippen LogP contribution is 2.09. The van der Waals surface area contributed by atoms with Gasteiger partial charge < -0.3 is 0 Å². The minimum absolute atomic E-state index is 0.124. The monoisotopic (exact) mass is 291 g/mol. The Morgan fingerprint density at radius 2 is 1.82 bits per heavy atom. The van der Waals surface area contributed by atoms with E-state index in [4.69, 9.17) is 0 Å². The zero-order valence-corrected chi connectivity index (χ0v) is 12.4. The highest BCUT2D eigenvalue weighted by atomic mass is 16.1. The van der Waals surface area contributed by atoms with Crippen molar-refractivity contribution in [3.8, 4) is 0 Å². The Bertz CT molecular complexity index is 866. The van der Waals surface area contributed by atoms with Gasteiger partial charge >= 0.3 is 0 Å². The number of benzene rings is 2. The van der Waals surface area contributed by atoms with Gasteiger partial charge in [0.15, 0.2) is 0 Å². The fourth-order valence-electron chi connectivity index (χ4n) is 2.34. The largest absolute Gasteiger partial charge is 0.282 e. The molecule has 3 rings (SSSR count). The first-order chi connectivity index (χ1) is 10.8. The van der Waals surface area contributed by atoms with E-state index in [1.807, 2.05) is 48.5 Å². The maximum atomic E-state index is 12.7. The highest BCUT2D eigenvalue weighted by Gasteiger charge is 2.09. The molecule has 1 heterocycles. The Morgan fingerprint density at radius 1 is 1.09 bits per heavy atom. The third kappa shape index (κ3) is 2.81. The molecular formula is C18H17N3O. The summed E-state index contributed by atoms with van der Waals surface area (Å²) in [7, 11) is 0. The van der Waals surface area contributed by atoms with Crippen LogP contribution in [-0.4, -0.2) is 15.9 Å². The summed E-state index contributed by atoms with van der Waals surface area (Å²) in [5, 5.41) is 4.95. The summed E-state index contributed by atoms with van der Waals surface area (Å²) in [5.41, 5.74) is 1.55. The first kappa shape index (κ1) is 14.2. The van der Waals surface area contributed by atoms with Crippen LogP contribution in [0.5, 0.6) is 0 Å². The molecule has 0 saturated carbocycles. The van der Waals surface area contributed by atoms with Gasteiger partial charge in [0.05, 0.1) is 17.1 Å². The number of para-hydroxylation sites is 1. The predicted octanol–water partition coefficient (Wildman–Crippen LogP) is 3.23. The molecule has 0 atom stereocenters. The van der Waals surface area contributed by atoms with Gasteiger partial charge in [-0.15, -0.1) is 0 Å². The van der Waals surface area contributed by atoms with Gasteiger partial charge in [-0.25, -0.2) is 4.98 Å². The topological polar surface area (TPSA) is 47.2 Å². The fourth-order valence-corrected chi connectivity index (χ4v) is 2.34. The molecule has 0 saturated heterocycles. The molecule has 0 spiro atoms. The lowest BCUT2D eigenvalue weighted by atomic mass is 10.2. The number of hydrogen-bond donors (Lipinski definition) is 0. The van der Waals surface area contributed by atoms with Crippen molar-refractivity contribution >= 4 is 17.1 Å². The number of aryl methyl sites for hydroxylation is 1. The summed E-state index contributed by atoms with van der Waals surface area (Å²) in [6, 6.07) is 17.1. The third-order valence-corrected chi connectivity index (χ3v) is 3.42. The average molecular weight is 291 g/mol. The minimum Gasteiger partial charge on any atom is -0.267 e. The molecule has 0 aliphatic heterocycles. The zero-order valence-electron chi connectivity index (χ0n) is 12.4. The SMILES string of the molecule is CCCc1nc2ccccc2c(=O)n1/N=C\c1ccccc1. The summed E-state index contributed by atoms with van der Waals surface area (Å²) in [4.78, 5) is 17.2. The second kappa shape index (κ2) is 6.35. The van der Waals surface area contributed by atoms with E-state index < -0.39 is 0 Å². The minimum atomic E-state index is -0.124. The second-order valence-corrected chi connectivity index (χ2v) is 5.07. The summed E-state index contributed by atoms with van der Waals surface area (Å²) in [6.07, 6.45) is 3.31. The van der Waals surface area contributed by atoms with E-state index in [9.17, 15) is 4.79 Å². The smallest absolute Gasteiger partial charge is 0.267 e. The van der Waals surface area contributed by atoms with Crippen LogP contribution < -0.4 is 5.56 Å². The van der Waals surface area contributed by atoms with Crippen LogP contribution in [0.4, 0.5) is 0 Å². The van der Waals surface area contributed by atoms with Gasteiger partial charge in [0.1, 0.15) is 5.82 Å². The van der Waals surface area contributed by atoms with E-state index in [-0.39, 0.29) is 5.56 Å². The van der Waals surface area contributed by atoms with Gasteiger partial charge in [-0.1, -0.05) is 49.4 Å². The number of aromatic nitrogens is 2. The third-order valence-electron chi connectivity index (χ3n) is 3.42. The maximum absolute atomic E-state index is 12.7. The van der Waals surface area contributed by atoms with Crippen LogP contribution in [0.15, 0.2) is 64.5 Å². The summed E-state index contributed by atoms with van der Waals surface area (Å²) in [6.45, 7) is 2.06. The van der Waals surface area contributed by atoms with Crippen molar-refractivity contribution in [1.29, 1.82) is 0 Å². The molecule has 4 nitrogen and oxygen atoms in total. The molecule has 2 aromatic carbocycles. The van der Waals surface area contributed by atoms with Gasteiger partial charge in [-0.2, -0.15) is 9.78 Å². The molecule has 4 heteroatoms. The molecule has 110 valence electrons. The molecule has 0 aliphatic carbocycles. The fraction of sp³-hybridized carbons (Fsp3) is 0.167. The van der Waals surface area contributed by atoms with Crippen molar-refractivity contribution in [2.24, 2.45) is 5.10 Å². The van der Waals surface area contributed by atoms with E-state index in [0.717, 1.165) is 17.5 Å². The van der Waals surface area contributed by atoms with E-state index in [1.54, 1.807) is 12.3 Å². The quantitative estimate of drug-likeness (QED) is 0.693. The van der Waals surface area contributed by atoms with Crippen LogP contribution in [0, 0.1) is 0 Å². The molecule has 0 fully saturated rings. The van der Waals surface area contributed by atoms with Crippen molar-refractivity contribution in [3.05, 3.63) is 76.3 Å². The van der Waals surface area contributed by atoms with Crippen LogP contribution in [0.1, 0.15) is 24.7 Å². The maximum Gasteiger partial charge on any atom is 0.282 e. The van der Waals surface area contributed by atoms with Crippen molar-refractivity contribution in [1.82, 2.24) is 9.66 Å². The lowest BCUT2D eigenvalue weighted by Crippen LogP contribution is -2.22. The van der Waals surface area contributed by atoms with Crippen molar-refractivity contribution in [2.45, 2.75) is 19.8 Å². The van der Waals surface area contributed by atoms with Crippen molar-refractivity contribution in [3.63, 3.8) is 0 Å². The molecular weight excluding hydrogens is 274 g/mol.